The summed E-state index contributed by atoms with van der Waals surface area (Å²) >= 11 is 0. The molecular weight excluding hydrogens is 278 g/mol. The smallest absolute Gasteiger partial charge is 0.328 e. The normalized spacial score (nSPS) is 14.3. The number of nitrogens with zero attached hydrogens (tertiary/aromatic N) is 3. The highest BCUT2D eigenvalue weighted by molar-refractivity contribution is 5.17. The highest BCUT2D eigenvalue weighted by Gasteiger charge is 2.18. The Hall–Kier alpha value is -1.88. The number of aliphatic hydroxyl groups is 1. The summed E-state index contributed by atoms with van der Waals surface area (Å²) in [6.45, 7) is 8.38. The van der Waals surface area contributed by atoms with E-state index in [0.717, 1.165) is 5.69 Å². The molecule has 0 unspecified atom stereocenters. The molecule has 1 N–H and O–H groups in total. The van der Waals surface area contributed by atoms with Crippen LogP contribution in [-0.4, -0.2) is 25.3 Å². The largest absolute Gasteiger partial charge is 0.391 e. The van der Waals surface area contributed by atoms with E-state index in [1.54, 1.807) is 28.5 Å². The van der Waals surface area contributed by atoms with Crippen LogP contribution in [0.5, 0.6) is 0 Å². The van der Waals surface area contributed by atoms with Gasteiger partial charge in [-0.05, 0) is 30.9 Å². The van der Waals surface area contributed by atoms with E-state index in [1.165, 1.54) is 5.56 Å². The van der Waals surface area contributed by atoms with Crippen molar-refractivity contribution in [3.63, 3.8) is 0 Å². The summed E-state index contributed by atoms with van der Waals surface area (Å²) in [5.41, 5.74) is 1.94. The van der Waals surface area contributed by atoms with Crippen molar-refractivity contribution in [3.8, 4) is 0 Å². The Morgan fingerprint density at radius 3 is 2.45 bits per heavy atom. The fraction of sp³-hybridized carbons (Fsp3) is 0.529. The molecule has 2 rings (SSSR count). The zero-order valence-corrected chi connectivity index (χ0v) is 13.7. The maximum Gasteiger partial charge on any atom is 0.328 e. The fourth-order valence-corrected chi connectivity index (χ4v) is 2.62. The summed E-state index contributed by atoms with van der Waals surface area (Å²) < 4.78 is 3.23. The summed E-state index contributed by atoms with van der Waals surface area (Å²) in [5.74, 6) is 0.446. The van der Waals surface area contributed by atoms with Crippen LogP contribution in [0.15, 0.2) is 35.5 Å². The quantitative estimate of drug-likeness (QED) is 0.892. The van der Waals surface area contributed by atoms with Crippen LogP contribution in [0.1, 0.15) is 57.3 Å². The molecule has 22 heavy (non-hydrogen) atoms. The molecule has 0 aromatic carbocycles. The van der Waals surface area contributed by atoms with Crippen molar-refractivity contribution in [3.05, 3.63) is 52.5 Å². The van der Waals surface area contributed by atoms with E-state index in [9.17, 15) is 9.90 Å². The molecule has 0 fully saturated rings. The molecule has 2 heterocycles. The van der Waals surface area contributed by atoms with Gasteiger partial charge >= 0.3 is 5.69 Å². The third-order valence-electron chi connectivity index (χ3n) is 4.05. The number of pyridine rings is 1. The molecule has 0 saturated carbocycles. The van der Waals surface area contributed by atoms with Gasteiger partial charge in [0.05, 0.1) is 24.4 Å². The number of hydrogen-bond donors (Lipinski definition) is 1. The summed E-state index contributed by atoms with van der Waals surface area (Å²) in [5, 5.41) is 9.79. The minimum absolute atomic E-state index is 0.109. The Labute approximate surface area is 131 Å². The predicted octanol–water partition coefficient (Wildman–Crippen LogP) is 2.55. The third-order valence-corrected chi connectivity index (χ3v) is 4.05. The van der Waals surface area contributed by atoms with Gasteiger partial charge in [-0.1, -0.05) is 26.8 Å². The molecule has 0 bridgehead atoms. The monoisotopic (exact) mass is 303 g/mol. The molecule has 0 amide bonds. The standard InChI is InChI=1S/C17H25N3O2/c1-5-16(13(4)21)20-9-8-19(17(20)22)11-15-7-6-14(10-18-15)12(2)3/h6-10,12-13,16,21H,5,11H2,1-4H3/t13-,16+/m1/s1. The van der Waals surface area contributed by atoms with Crippen LogP contribution in [0.2, 0.25) is 0 Å². The van der Waals surface area contributed by atoms with Crippen LogP contribution in [-0.2, 0) is 6.54 Å². The van der Waals surface area contributed by atoms with Crippen LogP contribution in [0.3, 0.4) is 0 Å². The van der Waals surface area contributed by atoms with Crippen LogP contribution in [0.25, 0.3) is 0 Å². The summed E-state index contributed by atoms with van der Waals surface area (Å²) in [4.78, 5) is 16.9. The van der Waals surface area contributed by atoms with E-state index in [-0.39, 0.29) is 11.7 Å². The molecule has 0 radical (unpaired) electrons. The van der Waals surface area contributed by atoms with E-state index < -0.39 is 6.10 Å². The highest BCUT2D eigenvalue weighted by atomic mass is 16.3. The Morgan fingerprint density at radius 1 is 1.23 bits per heavy atom. The number of rotatable bonds is 6. The molecule has 0 aliphatic rings. The third kappa shape index (κ3) is 3.47. The zero-order chi connectivity index (χ0) is 16.3. The van der Waals surface area contributed by atoms with Crippen LogP contribution in [0, 0.1) is 0 Å². The van der Waals surface area contributed by atoms with Crippen molar-refractivity contribution in [2.24, 2.45) is 0 Å². The van der Waals surface area contributed by atoms with Crippen molar-refractivity contribution in [2.45, 2.75) is 58.7 Å². The second-order valence-corrected chi connectivity index (χ2v) is 6.07. The van der Waals surface area contributed by atoms with Crippen LogP contribution >= 0.6 is 0 Å². The van der Waals surface area contributed by atoms with E-state index in [2.05, 4.69) is 24.9 Å². The second-order valence-electron chi connectivity index (χ2n) is 6.07. The molecule has 2 aromatic heterocycles. The average Bonchev–Trinajstić information content (AvgIpc) is 2.82. The van der Waals surface area contributed by atoms with Crippen molar-refractivity contribution < 1.29 is 5.11 Å². The van der Waals surface area contributed by atoms with Gasteiger partial charge in [-0.2, -0.15) is 0 Å². The molecule has 0 aliphatic carbocycles. The van der Waals surface area contributed by atoms with Crippen LogP contribution < -0.4 is 5.69 Å². The van der Waals surface area contributed by atoms with Gasteiger partial charge in [0.15, 0.2) is 0 Å². The summed E-state index contributed by atoms with van der Waals surface area (Å²) in [6.07, 6.45) is 5.52. The SMILES string of the molecule is CC[C@@H]([C@@H](C)O)n1ccn(Cc2ccc(C(C)C)cn2)c1=O. The number of imidazole rings is 1. The van der Waals surface area contributed by atoms with Gasteiger partial charge in [-0.3, -0.25) is 14.1 Å². The molecule has 0 aliphatic heterocycles. The first-order valence-electron chi connectivity index (χ1n) is 7.84. The van der Waals surface area contributed by atoms with E-state index in [0.29, 0.717) is 18.9 Å². The van der Waals surface area contributed by atoms with Gasteiger partial charge in [0.25, 0.3) is 0 Å². The van der Waals surface area contributed by atoms with Gasteiger partial charge in [0.1, 0.15) is 0 Å². The maximum atomic E-state index is 12.4. The van der Waals surface area contributed by atoms with Crippen molar-refractivity contribution in [1.29, 1.82) is 0 Å². The number of aromatic nitrogens is 3. The molecular formula is C17H25N3O2. The fourth-order valence-electron chi connectivity index (χ4n) is 2.62. The molecule has 0 saturated heterocycles. The molecule has 2 aromatic rings. The lowest BCUT2D eigenvalue weighted by atomic mass is 10.1. The van der Waals surface area contributed by atoms with Gasteiger partial charge < -0.3 is 5.11 Å². The van der Waals surface area contributed by atoms with E-state index >= 15 is 0 Å². The van der Waals surface area contributed by atoms with Crippen molar-refractivity contribution in [1.82, 2.24) is 14.1 Å². The molecule has 5 heteroatoms. The minimum atomic E-state index is -0.554. The Bertz CT molecular complexity index is 653. The lowest BCUT2D eigenvalue weighted by Crippen LogP contribution is -2.32. The van der Waals surface area contributed by atoms with Crippen molar-refractivity contribution >= 4 is 0 Å². The zero-order valence-electron chi connectivity index (χ0n) is 13.7. The van der Waals surface area contributed by atoms with Crippen LogP contribution in [0.4, 0.5) is 0 Å². The lowest BCUT2D eigenvalue weighted by molar-refractivity contribution is 0.125. The number of hydrogen-bond acceptors (Lipinski definition) is 3. The summed E-state index contributed by atoms with van der Waals surface area (Å²) in [6, 6.07) is 3.83. The topological polar surface area (TPSA) is 60.1 Å². The second kappa shape index (κ2) is 6.92. The predicted molar refractivity (Wildman–Crippen MR) is 87.1 cm³/mol. The van der Waals surface area contributed by atoms with Crippen molar-refractivity contribution in [2.75, 3.05) is 0 Å². The average molecular weight is 303 g/mol. The van der Waals surface area contributed by atoms with Gasteiger partial charge in [-0.15, -0.1) is 0 Å². The molecule has 2 atom stereocenters. The molecule has 120 valence electrons. The van der Waals surface area contributed by atoms with Gasteiger partial charge in [0.2, 0.25) is 0 Å². The van der Waals surface area contributed by atoms with Gasteiger partial charge in [0, 0.05) is 18.6 Å². The first-order valence-corrected chi connectivity index (χ1v) is 7.84. The lowest BCUT2D eigenvalue weighted by Gasteiger charge is -2.18. The molecule has 0 spiro atoms. The first kappa shape index (κ1) is 16.5. The Balaban J connectivity index is 2.21. The Morgan fingerprint density at radius 2 is 1.95 bits per heavy atom. The summed E-state index contributed by atoms with van der Waals surface area (Å²) in [7, 11) is 0. The van der Waals surface area contributed by atoms with E-state index in [4.69, 9.17) is 0 Å². The number of aliphatic hydroxyl groups excluding tert-OH is 1. The highest BCUT2D eigenvalue weighted by Crippen LogP contribution is 2.15. The van der Waals surface area contributed by atoms with Gasteiger partial charge in [-0.25, -0.2) is 4.79 Å². The Kier molecular flexibility index (Phi) is 5.19. The first-order chi connectivity index (χ1) is 10.4. The maximum absolute atomic E-state index is 12.4. The minimum Gasteiger partial charge on any atom is -0.391 e. The van der Waals surface area contributed by atoms with E-state index in [1.807, 2.05) is 19.2 Å². The molecule has 5 nitrogen and oxygen atoms in total.